The number of carbonyl (C=O) groups excluding carboxylic acids is 2. The Labute approximate surface area is 168 Å². The van der Waals surface area contributed by atoms with Crippen molar-refractivity contribution in [3.05, 3.63) is 54.7 Å². The number of aromatic nitrogens is 1. The zero-order chi connectivity index (χ0) is 19.5. The first-order chi connectivity index (χ1) is 13.6. The minimum Gasteiger partial charge on any atom is -0.361 e. The molecule has 0 spiro atoms. The van der Waals surface area contributed by atoms with Gasteiger partial charge in [-0.15, -0.1) is 11.8 Å². The molecule has 0 aliphatic heterocycles. The molecule has 5 nitrogen and oxygen atoms in total. The SMILES string of the molecule is CCC(Sc1cccc(NC(=O)C2CC2)c1)C(=O)Nc1ccc2cc[nH]c2c1. The van der Waals surface area contributed by atoms with Crippen molar-refractivity contribution in [3.63, 3.8) is 0 Å². The average molecular weight is 394 g/mol. The Morgan fingerprint density at radius 2 is 1.93 bits per heavy atom. The van der Waals surface area contributed by atoms with Crippen LogP contribution in [0.4, 0.5) is 11.4 Å². The molecule has 1 aliphatic rings. The lowest BCUT2D eigenvalue weighted by molar-refractivity contribution is -0.117. The molecular weight excluding hydrogens is 370 g/mol. The van der Waals surface area contributed by atoms with E-state index in [1.54, 1.807) is 0 Å². The second-order valence-corrected chi connectivity index (χ2v) is 8.35. The third-order valence-electron chi connectivity index (χ3n) is 4.81. The number of hydrogen-bond acceptors (Lipinski definition) is 3. The van der Waals surface area contributed by atoms with Crippen LogP contribution < -0.4 is 10.6 Å². The van der Waals surface area contributed by atoms with Crippen molar-refractivity contribution in [2.24, 2.45) is 5.92 Å². The number of benzene rings is 2. The molecular formula is C22H23N3O2S. The second kappa shape index (κ2) is 8.10. The summed E-state index contributed by atoms with van der Waals surface area (Å²) in [6, 6.07) is 15.6. The molecule has 2 amide bonds. The molecule has 1 heterocycles. The molecule has 144 valence electrons. The second-order valence-electron chi connectivity index (χ2n) is 7.08. The fraction of sp³-hybridized carbons (Fsp3) is 0.273. The fourth-order valence-corrected chi connectivity index (χ4v) is 4.09. The quantitative estimate of drug-likeness (QED) is 0.493. The Morgan fingerprint density at radius 3 is 2.71 bits per heavy atom. The first-order valence-corrected chi connectivity index (χ1v) is 10.5. The lowest BCUT2D eigenvalue weighted by Gasteiger charge is -2.15. The van der Waals surface area contributed by atoms with E-state index in [0.29, 0.717) is 6.42 Å². The number of nitrogens with one attached hydrogen (secondary N) is 3. The van der Waals surface area contributed by atoms with Gasteiger partial charge >= 0.3 is 0 Å². The highest BCUT2D eigenvalue weighted by Crippen LogP contribution is 2.32. The van der Waals surface area contributed by atoms with Gasteiger partial charge in [-0.1, -0.05) is 19.1 Å². The van der Waals surface area contributed by atoms with Crippen molar-refractivity contribution in [1.29, 1.82) is 0 Å². The first-order valence-electron chi connectivity index (χ1n) is 9.58. The van der Waals surface area contributed by atoms with Gasteiger partial charge in [-0.2, -0.15) is 0 Å². The van der Waals surface area contributed by atoms with Crippen LogP contribution in [-0.2, 0) is 9.59 Å². The summed E-state index contributed by atoms with van der Waals surface area (Å²) in [6.45, 7) is 2.00. The zero-order valence-electron chi connectivity index (χ0n) is 15.7. The molecule has 1 aliphatic carbocycles. The van der Waals surface area contributed by atoms with Crippen LogP contribution in [0.25, 0.3) is 10.9 Å². The number of fused-ring (bicyclic) bond motifs is 1. The summed E-state index contributed by atoms with van der Waals surface area (Å²) in [5, 5.41) is 6.88. The number of aromatic amines is 1. The Kier molecular flexibility index (Phi) is 5.39. The fourth-order valence-electron chi connectivity index (χ4n) is 3.07. The summed E-state index contributed by atoms with van der Waals surface area (Å²) in [5.74, 6) is 0.236. The molecule has 1 aromatic heterocycles. The van der Waals surface area contributed by atoms with E-state index < -0.39 is 0 Å². The Hall–Kier alpha value is -2.73. The topological polar surface area (TPSA) is 74.0 Å². The van der Waals surface area contributed by atoms with E-state index in [2.05, 4.69) is 15.6 Å². The smallest absolute Gasteiger partial charge is 0.237 e. The number of hydrogen-bond donors (Lipinski definition) is 3. The largest absolute Gasteiger partial charge is 0.361 e. The van der Waals surface area contributed by atoms with E-state index in [1.807, 2.05) is 61.7 Å². The lowest BCUT2D eigenvalue weighted by atomic mass is 10.2. The summed E-state index contributed by atoms with van der Waals surface area (Å²) >= 11 is 1.52. The molecule has 3 N–H and O–H groups in total. The number of carbonyl (C=O) groups is 2. The maximum Gasteiger partial charge on any atom is 0.237 e. The van der Waals surface area contributed by atoms with Crippen LogP contribution in [-0.4, -0.2) is 22.0 Å². The van der Waals surface area contributed by atoms with Crippen LogP contribution in [0, 0.1) is 5.92 Å². The Balaban J connectivity index is 1.41. The first kappa shape index (κ1) is 18.6. The minimum atomic E-state index is -0.214. The normalized spacial score (nSPS) is 14.6. The van der Waals surface area contributed by atoms with Gasteiger partial charge in [0.05, 0.1) is 5.25 Å². The molecule has 0 radical (unpaired) electrons. The van der Waals surface area contributed by atoms with Crippen molar-refractivity contribution < 1.29 is 9.59 Å². The van der Waals surface area contributed by atoms with E-state index in [1.165, 1.54) is 11.8 Å². The van der Waals surface area contributed by atoms with Crippen molar-refractivity contribution in [2.75, 3.05) is 10.6 Å². The number of thioether (sulfide) groups is 1. The van der Waals surface area contributed by atoms with E-state index in [4.69, 9.17) is 0 Å². The average Bonchev–Trinajstić information content (AvgIpc) is 3.44. The third-order valence-corrected chi connectivity index (χ3v) is 6.17. The van der Waals surface area contributed by atoms with Crippen LogP contribution in [0.5, 0.6) is 0 Å². The van der Waals surface area contributed by atoms with Gasteiger partial charge in [-0.25, -0.2) is 0 Å². The van der Waals surface area contributed by atoms with E-state index in [9.17, 15) is 9.59 Å². The van der Waals surface area contributed by atoms with Crippen LogP contribution in [0.1, 0.15) is 26.2 Å². The molecule has 28 heavy (non-hydrogen) atoms. The predicted molar refractivity (Wildman–Crippen MR) is 115 cm³/mol. The number of anilines is 2. The highest BCUT2D eigenvalue weighted by Gasteiger charge is 2.29. The summed E-state index contributed by atoms with van der Waals surface area (Å²) in [4.78, 5) is 28.9. The number of H-pyrrole nitrogens is 1. The summed E-state index contributed by atoms with van der Waals surface area (Å²) < 4.78 is 0. The molecule has 4 rings (SSSR count). The molecule has 3 aromatic rings. The van der Waals surface area contributed by atoms with Crippen LogP contribution in [0.2, 0.25) is 0 Å². The standard InChI is InChI=1S/C22H23N3O2S/c1-2-20(22(27)25-17-9-8-14-10-11-23-19(14)13-17)28-18-5-3-4-16(12-18)24-21(26)15-6-7-15/h3-5,8-13,15,20,23H,2,6-7H2,1H3,(H,24,26)(H,25,27). The highest BCUT2D eigenvalue weighted by molar-refractivity contribution is 8.00. The van der Waals surface area contributed by atoms with Crippen molar-refractivity contribution >= 4 is 45.9 Å². The monoisotopic (exact) mass is 393 g/mol. The van der Waals surface area contributed by atoms with E-state index in [-0.39, 0.29) is 23.0 Å². The Bertz CT molecular complexity index is 1010. The molecule has 1 fully saturated rings. The van der Waals surface area contributed by atoms with Crippen LogP contribution in [0.3, 0.4) is 0 Å². The third kappa shape index (κ3) is 4.39. The van der Waals surface area contributed by atoms with Gasteiger partial charge < -0.3 is 15.6 Å². The van der Waals surface area contributed by atoms with Crippen molar-refractivity contribution in [1.82, 2.24) is 4.98 Å². The van der Waals surface area contributed by atoms with E-state index in [0.717, 1.165) is 40.0 Å². The van der Waals surface area contributed by atoms with Gasteiger partial charge in [-0.3, -0.25) is 9.59 Å². The Morgan fingerprint density at radius 1 is 1.11 bits per heavy atom. The molecule has 0 bridgehead atoms. The lowest BCUT2D eigenvalue weighted by Crippen LogP contribution is -2.24. The molecule has 1 saturated carbocycles. The molecule has 1 unspecified atom stereocenters. The van der Waals surface area contributed by atoms with Gasteiger partial charge in [-0.05, 0) is 61.0 Å². The van der Waals surface area contributed by atoms with E-state index >= 15 is 0 Å². The van der Waals surface area contributed by atoms with Gasteiger partial charge in [0, 0.05) is 33.9 Å². The molecule has 0 saturated heterocycles. The molecule has 1 atom stereocenters. The zero-order valence-corrected chi connectivity index (χ0v) is 16.5. The van der Waals surface area contributed by atoms with Crippen LogP contribution in [0.15, 0.2) is 59.6 Å². The van der Waals surface area contributed by atoms with Crippen LogP contribution >= 0.6 is 11.8 Å². The summed E-state index contributed by atoms with van der Waals surface area (Å²) in [5.41, 5.74) is 2.57. The van der Waals surface area contributed by atoms with Crippen molar-refractivity contribution in [3.8, 4) is 0 Å². The van der Waals surface area contributed by atoms with Gasteiger partial charge in [0.15, 0.2) is 0 Å². The minimum absolute atomic E-state index is 0.0224. The maximum atomic E-state index is 12.8. The number of rotatable bonds is 7. The molecule has 2 aromatic carbocycles. The highest BCUT2D eigenvalue weighted by atomic mass is 32.2. The summed E-state index contributed by atoms with van der Waals surface area (Å²) in [6.07, 6.45) is 4.55. The van der Waals surface area contributed by atoms with Gasteiger partial charge in [0.2, 0.25) is 11.8 Å². The summed E-state index contributed by atoms with van der Waals surface area (Å²) in [7, 11) is 0. The number of amides is 2. The maximum absolute atomic E-state index is 12.8. The molecule has 6 heteroatoms. The van der Waals surface area contributed by atoms with Gasteiger partial charge in [0.25, 0.3) is 0 Å². The van der Waals surface area contributed by atoms with Crippen molar-refractivity contribution in [2.45, 2.75) is 36.3 Å². The van der Waals surface area contributed by atoms with Gasteiger partial charge in [0.1, 0.15) is 0 Å². The predicted octanol–water partition coefficient (Wildman–Crippen LogP) is 5.03.